The lowest BCUT2D eigenvalue weighted by atomic mass is 10.3. The van der Waals surface area contributed by atoms with Crippen molar-refractivity contribution in [2.75, 3.05) is 26.7 Å². The molecule has 0 unspecified atom stereocenters. The zero-order valence-corrected chi connectivity index (χ0v) is 15.6. The molecular weight excluding hydrogens is 332 g/mol. The first kappa shape index (κ1) is 18.2. The summed E-state index contributed by atoms with van der Waals surface area (Å²) in [7, 11) is -1.58. The van der Waals surface area contributed by atoms with Crippen LogP contribution in [0.2, 0.25) is 0 Å². The van der Waals surface area contributed by atoms with Crippen molar-refractivity contribution >= 4 is 27.3 Å². The summed E-state index contributed by atoms with van der Waals surface area (Å²) in [5.41, 5.74) is 0. The van der Waals surface area contributed by atoms with Crippen LogP contribution >= 0.6 is 11.3 Å². The predicted octanol–water partition coefficient (Wildman–Crippen LogP) is 1.65. The van der Waals surface area contributed by atoms with Gasteiger partial charge in [0.05, 0.1) is 0 Å². The summed E-state index contributed by atoms with van der Waals surface area (Å²) in [6, 6.07) is 4.18. The molecule has 0 spiro atoms. The first-order chi connectivity index (χ1) is 11.0. The molecule has 0 saturated heterocycles. The van der Waals surface area contributed by atoms with Crippen LogP contribution in [-0.2, 0) is 16.4 Å². The minimum absolute atomic E-state index is 0.427. The molecule has 0 aromatic carbocycles. The third kappa shape index (κ3) is 4.92. The van der Waals surface area contributed by atoms with Gasteiger partial charge in [-0.1, -0.05) is 13.8 Å². The van der Waals surface area contributed by atoms with Gasteiger partial charge < -0.3 is 10.6 Å². The topological polar surface area (TPSA) is 73.8 Å². The van der Waals surface area contributed by atoms with Crippen molar-refractivity contribution in [3.8, 4) is 0 Å². The molecule has 1 aliphatic carbocycles. The maximum Gasteiger partial charge on any atom is 0.252 e. The number of thiophene rings is 1. The van der Waals surface area contributed by atoms with Gasteiger partial charge >= 0.3 is 0 Å². The summed E-state index contributed by atoms with van der Waals surface area (Å²) in [4.78, 5) is 5.24. The molecule has 1 aliphatic rings. The zero-order chi connectivity index (χ0) is 16.9. The number of nitrogens with zero attached hydrogens (tertiary/aromatic N) is 2. The minimum atomic E-state index is -3.34. The number of hydrogen-bond acceptors (Lipinski definition) is 4. The minimum Gasteiger partial charge on any atom is -0.356 e. The molecule has 0 amide bonds. The van der Waals surface area contributed by atoms with Crippen LogP contribution in [0, 0.1) is 0 Å². The maximum absolute atomic E-state index is 12.5. The van der Waals surface area contributed by atoms with Crippen LogP contribution in [0.5, 0.6) is 0 Å². The number of nitrogens with one attached hydrogen (secondary N) is 2. The molecule has 0 bridgehead atoms. The van der Waals surface area contributed by atoms with Gasteiger partial charge in [-0.2, -0.15) is 4.31 Å². The predicted molar refractivity (Wildman–Crippen MR) is 95.6 cm³/mol. The molecule has 1 aromatic rings. The quantitative estimate of drug-likeness (QED) is 0.547. The monoisotopic (exact) mass is 358 g/mol. The summed E-state index contributed by atoms with van der Waals surface area (Å²) < 4.78 is 26.8. The summed E-state index contributed by atoms with van der Waals surface area (Å²) >= 11 is 1.35. The van der Waals surface area contributed by atoms with Crippen LogP contribution in [0.4, 0.5) is 0 Å². The zero-order valence-electron chi connectivity index (χ0n) is 14.0. The van der Waals surface area contributed by atoms with Crippen molar-refractivity contribution in [2.24, 2.45) is 4.99 Å². The van der Waals surface area contributed by atoms with Crippen molar-refractivity contribution in [2.45, 2.75) is 43.4 Å². The molecule has 0 radical (unpaired) electrons. The fraction of sp³-hybridized carbons (Fsp3) is 0.667. The van der Waals surface area contributed by atoms with E-state index in [0.29, 0.717) is 23.3 Å². The standard InChI is InChI=1S/C15H26N4O2S2/c1-4-19(5-2)23(20,21)14-9-8-13(22-14)10-11-17-15(16-3)18-12-6-7-12/h8-9,12H,4-7,10-11H2,1-3H3,(H2,16,17,18). The Morgan fingerprint density at radius 1 is 1.35 bits per heavy atom. The Morgan fingerprint density at radius 3 is 2.61 bits per heavy atom. The maximum atomic E-state index is 12.5. The van der Waals surface area contributed by atoms with Crippen molar-refractivity contribution < 1.29 is 8.42 Å². The van der Waals surface area contributed by atoms with Crippen LogP contribution in [0.15, 0.2) is 21.3 Å². The van der Waals surface area contributed by atoms with Gasteiger partial charge in [0.25, 0.3) is 10.0 Å². The van der Waals surface area contributed by atoms with E-state index in [1.165, 1.54) is 28.5 Å². The molecule has 2 N–H and O–H groups in total. The van der Waals surface area contributed by atoms with E-state index < -0.39 is 10.0 Å². The Balaban J connectivity index is 1.89. The molecule has 1 fully saturated rings. The van der Waals surface area contributed by atoms with Crippen LogP contribution < -0.4 is 10.6 Å². The molecule has 23 heavy (non-hydrogen) atoms. The Hall–Kier alpha value is -1.12. The highest BCUT2D eigenvalue weighted by molar-refractivity contribution is 7.91. The van der Waals surface area contributed by atoms with E-state index in [-0.39, 0.29) is 0 Å². The largest absolute Gasteiger partial charge is 0.356 e. The highest BCUT2D eigenvalue weighted by atomic mass is 32.2. The molecule has 1 saturated carbocycles. The molecule has 0 atom stereocenters. The van der Waals surface area contributed by atoms with Crippen molar-refractivity contribution in [3.05, 3.63) is 17.0 Å². The number of rotatable bonds is 8. The lowest BCUT2D eigenvalue weighted by Gasteiger charge is -2.16. The molecule has 1 aromatic heterocycles. The Morgan fingerprint density at radius 2 is 2.04 bits per heavy atom. The van der Waals surface area contributed by atoms with Gasteiger partial charge in [-0.3, -0.25) is 4.99 Å². The Bertz CT molecular complexity index is 632. The van der Waals surface area contributed by atoms with Crippen molar-refractivity contribution in [3.63, 3.8) is 0 Å². The fourth-order valence-corrected chi connectivity index (χ4v) is 5.21. The third-order valence-electron chi connectivity index (χ3n) is 3.74. The highest BCUT2D eigenvalue weighted by Gasteiger charge is 2.24. The van der Waals surface area contributed by atoms with E-state index in [1.54, 1.807) is 13.1 Å². The summed E-state index contributed by atoms with van der Waals surface area (Å²) in [6.07, 6.45) is 3.19. The van der Waals surface area contributed by atoms with Gasteiger partial charge in [0, 0.05) is 37.6 Å². The number of sulfonamides is 1. The Kier molecular flexibility index (Phi) is 6.43. The highest BCUT2D eigenvalue weighted by Crippen LogP contribution is 2.25. The SMILES string of the molecule is CCN(CC)S(=O)(=O)c1ccc(CCNC(=NC)NC2CC2)s1. The van der Waals surface area contributed by atoms with E-state index >= 15 is 0 Å². The number of guanidine groups is 1. The average molecular weight is 359 g/mol. The average Bonchev–Trinajstić information content (AvgIpc) is 3.21. The van der Waals surface area contributed by atoms with Crippen LogP contribution in [0.1, 0.15) is 31.6 Å². The van der Waals surface area contributed by atoms with Gasteiger partial charge in [0.15, 0.2) is 5.96 Å². The van der Waals surface area contributed by atoms with Gasteiger partial charge in [-0.05, 0) is 31.4 Å². The van der Waals surface area contributed by atoms with Crippen LogP contribution in [0.3, 0.4) is 0 Å². The normalized spacial score (nSPS) is 15.9. The summed E-state index contributed by atoms with van der Waals surface area (Å²) in [5.74, 6) is 0.819. The van der Waals surface area contributed by atoms with Gasteiger partial charge in [-0.25, -0.2) is 8.42 Å². The third-order valence-corrected chi connectivity index (χ3v) is 7.40. The summed E-state index contributed by atoms with van der Waals surface area (Å²) in [6.45, 7) is 5.45. The smallest absolute Gasteiger partial charge is 0.252 e. The van der Waals surface area contributed by atoms with E-state index in [1.807, 2.05) is 19.9 Å². The second-order valence-corrected chi connectivity index (χ2v) is 8.81. The molecule has 6 nitrogen and oxygen atoms in total. The molecule has 1 heterocycles. The fourth-order valence-electron chi connectivity index (χ4n) is 2.24. The number of hydrogen-bond donors (Lipinski definition) is 2. The molecule has 130 valence electrons. The lowest BCUT2D eigenvalue weighted by molar-refractivity contribution is 0.447. The second-order valence-electron chi connectivity index (χ2n) is 5.48. The Labute approximate surface area is 143 Å². The van der Waals surface area contributed by atoms with Gasteiger partial charge in [-0.15, -0.1) is 11.3 Å². The second kappa shape index (κ2) is 8.12. The molecule has 0 aliphatic heterocycles. The van der Waals surface area contributed by atoms with Gasteiger partial charge in [0.1, 0.15) is 4.21 Å². The van der Waals surface area contributed by atoms with Gasteiger partial charge in [0.2, 0.25) is 0 Å². The van der Waals surface area contributed by atoms with Crippen LogP contribution in [0.25, 0.3) is 0 Å². The number of aliphatic imine (C=N–C) groups is 1. The van der Waals surface area contributed by atoms with Crippen molar-refractivity contribution in [1.29, 1.82) is 0 Å². The van der Waals surface area contributed by atoms with E-state index in [4.69, 9.17) is 0 Å². The molecular formula is C15H26N4O2S2. The van der Waals surface area contributed by atoms with E-state index in [2.05, 4.69) is 15.6 Å². The summed E-state index contributed by atoms with van der Waals surface area (Å²) in [5, 5.41) is 6.59. The first-order valence-electron chi connectivity index (χ1n) is 8.07. The molecule has 8 heteroatoms. The van der Waals surface area contributed by atoms with Crippen LogP contribution in [-0.4, -0.2) is 51.4 Å². The lowest BCUT2D eigenvalue weighted by Crippen LogP contribution is -2.39. The van der Waals surface area contributed by atoms with E-state index in [9.17, 15) is 8.42 Å². The van der Waals surface area contributed by atoms with E-state index in [0.717, 1.165) is 23.8 Å². The first-order valence-corrected chi connectivity index (χ1v) is 10.3. The molecule has 2 rings (SSSR count). The van der Waals surface area contributed by atoms with Crippen molar-refractivity contribution in [1.82, 2.24) is 14.9 Å².